The maximum atomic E-state index is 14.8. The smallest absolute Gasteiger partial charge is 0.256 e. The molecule has 0 saturated heterocycles. The predicted octanol–water partition coefficient (Wildman–Crippen LogP) is 3.80. The average molecular weight is 507 g/mol. The molecule has 192 valence electrons. The number of nitrogens with zero attached hydrogens (tertiary/aromatic N) is 3. The molecule has 8 nitrogen and oxygen atoms in total. The molecular formula is C27H28F2N6O2. The second kappa shape index (κ2) is 10.8. The van der Waals surface area contributed by atoms with Gasteiger partial charge in [0.2, 0.25) is 5.95 Å². The Labute approximate surface area is 212 Å². The monoisotopic (exact) mass is 506 g/mol. The van der Waals surface area contributed by atoms with Gasteiger partial charge in [-0.3, -0.25) is 14.2 Å². The van der Waals surface area contributed by atoms with Crippen molar-refractivity contribution >= 4 is 22.9 Å². The molecule has 0 radical (unpaired) electrons. The molecule has 0 spiro atoms. The molecule has 0 aliphatic rings. The van der Waals surface area contributed by atoms with Crippen LogP contribution >= 0.6 is 0 Å². The van der Waals surface area contributed by atoms with E-state index in [9.17, 15) is 18.4 Å². The number of benzene rings is 2. The summed E-state index contributed by atoms with van der Waals surface area (Å²) < 4.78 is 30.5. The molecule has 0 aliphatic heterocycles. The van der Waals surface area contributed by atoms with Gasteiger partial charge in [-0.25, -0.2) is 13.8 Å². The molecule has 0 unspecified atom stereocenters. The van der Waals surface area contributed by atoms with E-state index in [4.69, 9.17) is 0 Å². The van der Waals surface area contributed by atoms with Crippen molar-refractivity contribution in [2.75, 3.05) is 25.5 Å². The van der Waals surface area contributed by atoms with Gasteiger partial charge in [0.25, 0.3) is 11.5 Å². The van der Waals surface area contributed by atoms with Crippen LogP contribution in [0.15, 0.2) is 53.3 Å². The van der Waals surface area contributed by atoms with Crippen LogP contribution in [0.2, 0.25) is 0 Å². The highest BCUT2D eigenvalue weighted by Crippen LogP contribution is 2.31. The Kier molecular flexibility index (Phi) is 7.58. The molecule has 2 aromatic heterocycles. The highest BCUT2D eigenvalue weighted by Gasteiger charge is 2.21. The number of likely N-dealkylation sites (N-methyl/N-ethyl adjacent to an activating group) is 1. The summed E-state index contributed by atoms with van der Waals surface area (Å²) in [6.07, 6.45) is 0. The Balaban J connectivity index is 2.03. The highest BCUT2D eigenvalue weighted by atomic mass is 19.1. The molecule has 0 aliphatic carbocycles. The number of para-hydroxylation sites is 1. The zero-order chi connectivity index (χ0) is 26.7. The lowest BCUT2D eigenvalue weighted by Crippen LogP contribution is -2.30. The van der Waals surface area contributed by atoms with Crippen molar-refractivity contribution in [1.29, 1.82) is 0 Å². The van der Waals surface area contributed by atoms with Gasteiger partial charge in [-0.1, -0.05) is 12.1 Å². The summed E-state index contributed by atoms with van der Waals surface area (Å²) in [4.78, 5) is 34.8. The van der Waals surface area contributed by atoms with E-state index in [-0.39, 0.29) is 23.5 Å². The largest absolute Gasteiger partial charge is 0.353 e. The lowest BCUT2D eigenvalue weighted by Gasteiger charge is -2.17. The molecular weight excluding hydrogens is 478 g/mol. The molecule has 10 heteroatoms. The molecule has 2 heterocycles. The van der Waals surface area contributed by atoms with E-state index in [0.717, 1.165) is 22.3 Å². The number of carbonyl (C=O) groups is 1. The number of hydrogen-bond donors (Lipinski definition) is 3. The lowest BCUT2D eigenvalue weighted by molar-refractivity contribution is 0.0943. The fourth-order valence-electron chi connectivity index (χ4n) is 3.98. The Bertz CT molecular complexity index is 1510. The van der Waals surface area contributed by atoms with E-state index in [1.54, 1.807) is 25.2 Å². The summed E-state index contributed by atoms with van der Waals surface area (Å²) in [6.45, 7) is 6.67. The van der Waals surface area contributed by atoms with Crippen LogP contribution in [0.5, 0.6) is 0 Å². The van der Waals surface area contributed by atoms with Gasteiger partial charge in [-0.2, -0.15) is 4.98 Å². The standard InChI is InChI=1S/C27H28F2N6O2/c1-15(2)32-26(37)17-9-8-16(3)19(14-17)23-18-10-11-22(36)35(24-20(28)6-5-7-21(24)29)25(18)34-27(33-23)31-13-12-30-4/h5-11,14-15,30H,12-13H2,1-4H3,(H,32,37)(H,31,33,34). The van der Waals surface area contributed by atoms with E-state index < -0.39 is 22.9 Å². The predicted molar refractivity (Wildman–Crippen MR) is 140 cm³/mol. The first-order chi connectivity index (χ1) is 17.7. The number of aryl methyl sites for hydroxylation is 1. The fraction of sp³-hybridized carbons (Fsp3) is 0.259. The Hall–Kier alpha value is -4.18. The van der Waals surface area contributed by atoms with Crippen LogP contribution in [-0.4, -0.2) is 46.6 Å². The Morgan fingerprint density at radius 3 is 2.43 bits per heavy atom. The molecule has 0 atom stereocenters. The molecule has 0 bridgehead atoms. The number of pyridine rings is 1. The van der Waals surface area contributed by atoms with Gasteiger partial charge in [0.05, 0.1) is 5.69 Å². The third-order valence-corrected chi connectivity index (χ3v) is 5.74. The van der Waals surface area contributed by atoms with Crippen LogP contribution in [0.3, 0.4) is 0 Å². The minimum Gasteiger partial charge on any atom is -0.353 e. The molecule has 0 saturated carbocycles. The van der Waals surface area contributed by atoms with Crippen molar-refractivity contribution in [1.82, 2.24) is 25.2 Å². The van der Waals surface area contributed by atoms with Crippen LogP contribution < -0.4 is 21.5 Å². The summed E-state index contributed by atoms with van der Waals surface area (Å²) in [5.74, 6) is -1.87. The molecule has 0 fully saturated rings. The van der Waals surface area contributed by atoms with Gasteiger partial charge in [0, 0.05) is 41.7 Å². The van der Waals surface area contributed by atoms with Crippen molar-refractivity contribution in [3.8, 4) is 16.9 Å². The number of halogens is 2. The minimum atomic E-state index is -0.900. The van der Waals surface area contributed by atoms with Gasteiger partial charge >= 0.3 is 0 Å². The normalized spacial score (nSPS) is 11.2. The number of aromatic nitrogens is 3. The van der Waals surface area contributed by atoms with E-state index in [1.165, 1.54) is 18.2 Å². The van der Waals surface area contributed by atoms with Crippen LogP contribution in [-0.2, 0) is 0 Å². The summed E-state index contributed by atoms with van der Waals surface area (Å²) in [7, 11) is 1.80. The maximum absolute atomic E-state index is 14.8. The number of anilines is 1. The molecule has 4 rings (SSSR count). The van der Waals surface area contributed by atoms with Gasteiger partial charge < -0.3 is 16.0 Å². The SMILES string of the molecule is CNCCNc1nc(-c2cc(C(=O)NC(C)C)ccc2C)c2ccc(=O)n(-c3c(F)cccc3F)c2n1. The van der Waals surface area contributed by atoms with Gasteiger partial charge in [0.1, 0.15) is 17.3 Å². The number of hydrogen-bond acceptors (Lipinski definition) is 6. The van der Waals surface area contributed by atoms with Crippen molar-refractivity contribution in [2.45, 2.75) is 26.8 Å². The zero-order valence-corrected chi connectivity index (χ0v) is 21.0. The molecule has 37 heavy (non-hydrogen) atoms. The number of rotatable bonds is 8. The van der Waals surface area contributed by atoms with Crippen LogP contribution in [0, 0.1) is 18.6 Å². The topological polar surface area (TPSA) is 101 Å². The number of amides is 1. The Morgan fingerprint density at radius 1 is 1.03 bits per heavy atom. The minimum absolute atomic E-state index is 0.0323. The summed E-state index contributed by atoms with van der Waals surface area (Å²) in [6, 6.07) is 11.3. The number of carbonyl (C=O) groups excluding carboxylic acids is 1. The van der Waals surface area contributed by atoms with Gasteiger partial charge in [-0.05, 0) is 63.7 Å². The van der Waals surface area contributed by atoms with Crippen molar-refractivity contribution < 1.29 is 13.6 Å². The van der Waals surface area contributed by atoms with Crippen molar-refractivity contribution in [2.24, 2.45) is 0 Å². The zero-order valence-electron chi connectivity index (χ0n) is 21.0. The second-order valence-electron chi connectivity index (χ2n) is 8.90. The third kappa shape index (κ3) is 5.34. The van der Waals surface area contributed by atoms with Crippen molar-refractivity contribution in [3.05, 3.63) is 81.6 Å². The summed E-state index contributed by atoms with van der Waals surface area (Å²) in [5, 5.41) is 9.37. The molecule has 4 aromatic rings. The first-order valence-corrected chi connectivity index (χ1v) is 11.9. The van der Waals surface area contributed by atoms with E-state index >= 15 is 0 Å². The van der Waals surface area contributed by atoms with Crippen molar-refractivity contribution in [3.63, 3.8) is 0 Å². The van der Waals surface area contributed by atoms with Gasteiger partial charge in [-0.15, -0.1) is 0 Å². The highest BCUT2D eigenvalue weighted by molar-refractivity contribution is 5.98. The average Bonchev–Trinajstić information content (AvgIpc) is 2.84. The lowest BCUT2D eigenvalue weighted by atomic mass is 9.99. The molecule has 2 aromatic carbocycles. The molecule has 1 amide bonds. The van der Waals surface area contributed by atoms with Gasteiger partial charge in [0.15, 0.2) is 5.65 Å². The maximum Gasteiger partial charge on any atom is 0.256 e. The number of nitrogens with one attached hydrogen (secondary N) is 3. The summed E-state index contributed by atoms with van der Waals surface area (Å²) >= 11 is 0. The summed E-state index contributed by atoms with van der Waals surface area (Å²) in [5.41, 5.74) is 1.15. The van der Waals surface area contributed by atoms with E-state index in [2.05, 4.69) is 25.9 Å². The quantitative estimate of drug-likeness (QED) is 0.314. The van der Waals surface area contributed by atoms with E-state index in [1.807, 2.05) is 20.8 Å². The first kappa shape index (κ1) is 25.9. The Morgan fingerprint density at radius 2 is 1.76 bits per heavy atom. The fourth-order valence-corrected chi connectivity index (χ4v) is 3.98. The third-order valence-electron chi connectivity index (χ3n) is 5.74. The van der Waals surface area contributed by atoms with Crippen LogP contribution in [0.25, 0.3) is 28.0 Å². The van der Waals surface area contributed by atoms with E-state index in [0.29, 0.717) is 35.3 Å². The molecule has 3 N–H and O–H groups in total. The second-order valence-corrected chi connectivity index (χ2v) is 8.90. The van der Waals surface area contributed by atoms with Crippen LogP contribution in [0.4, 0.5) is 14.7 Å². The first-order valence-electron chi connectivity index (χ1n) is 11.9. The van der Waals surface area contributed by atoms with Crippen LogP contribution in [0.1, 0.15) is 29.8 Å². The number of fused-ring (bicyclic) bond motifs is 1.